The Morgan fingerprint density at radius 3 is 2.35 bits per heavy atom. The summed E-state index contributed by atoms with van der Waals surface area (Å²) < 4.78 is 0. The Labute approximate surface area is 100 Å². The van der Waals surface area contributed by atoms with E-state index in [1.807, 2.05) is 36.4 Å². The minimum absolute atomic E-state index is 0.0795. The summed E-state index contributed by atoms with van der Waals surface area (Å²) in [7, 11) is 1.62. The van der Waals surface area contributed by atoms with E-state index in [-0.39, 0.29) is 5.91 Å². The van der Waals surface area contributed by atoms with Crippen LogP contribution < -0.4 is 11.1 Å². The molecule has 0 aliphatic heterocycles. The molecular weight excluding hydrogens is 212 g/mol. The van der Waals surface area contributed by atoms with Gasteiger partial charge in [-0.2, -0.15) is 0 Å². The maximum absolute atomic E-state index is 11.4. The molecule has 0 heterocycles. The zero-order valence-electron chi connectivity index (χ0n) is 9.60. The van der Waals surface area contributed by atoms with Crippen molar-refractivity contribution in [1.29, 1.82) is 0 Å². The molecule has 0 saturated carbocycles. The zero-order valence-corrected chi connectivity index (χ0v) is 9.60. The molecule has 3 N–H and O–H groups in total. The lowest BCUT2D eigenvalue weighted by Crippen LogP contribution is -2.17. The lowest BCUT2D eigenvalue weighted by Gasteiger charge is -2.04. The van der Waals surface area contributed by atoms with Gasteiger partial charge >= 0.3 is 0 Å². The molecule has 1 amide bonds. The Balaban J connectivity index is 2.32. The van der Waals surface area contributed by atoms with Crippen LogP contribution in [0.5, 0.6) is 0 Å². The Morgan fingerprint density at radius 2 is 1.76 bits per heavy atom. The average molecular weight is 226 g/mol. The maximum Gasteiger partial charge on any atom is 0.251 e. The standard InChI is InChI=1S/C14H14N2O/c1-16-14(17)11-7-5-10(6-8-11)12-3-2-4-13(15)9-12/h2-9H,15H2,1H3,(H,16,17). The van der Waals surface area contributed by atoms with Crippen molar-refractivity contribution in [2.24, 2.45) is 0 Å². The number of hydrogen-bond acceptors (Lipinski definition) is 2. The molecule has 17 heavy (non-hydrogen) atoms. The second-order valence-corrected chi connectivity index (χ2v) is 3.78. The predicted molar refractivity (Wildman–Crippen MR) is 69.7 cm³/mol. The number of nitrogen functional groups attached to an aromatic ring is 1. The molecule has 0 unspecified atom stereocenters. The third-order valence-electron chi connectivity index (χ3n) is 2.59. The van der Waals surface area contributed by atoms with Crippen molar-refractivity contribution in [3.8, 4) is 11.1 Å². The van der Waals surface area contributed by atoms with Crippen molar-refractivity contribution in [3.05, 3.63) is 54.1 Å². The van der Waals surface area contributed by atoms with E-state index in [0.717, 1.165) is 16.8 Å². The molecule has 2 aromatic rings. The highest BCUT2D eigenvalue weighted by molar-refractivity contribution is 5.94. The van der Waals surface area contributed by atoms with E-state index >= 15 is 0 Å². The van der Waals surface area contributed by atoms with Gasteiger partial charge in [-0.05, 0) is 35.4 Å². The molecule has 0 spiro atoms. The van der Waals surface area contributed by atoms with E-state index in [9.17, 15) is 4.79 Å². The zero-order chi connectivity index (χ0) is 12.3. The SMILES string of the molecule is CNC(=O)c1ccc(-c2cccc(N)c2)cc1. The van der Waals surface area contributed by atoms with Crippen molar-refractivity contribution < 1.29 is 4.79 Å². The van der Waals surface area contributed by atoms with Gasteiger partial charge in [0.15, 0.2) is 0 Å². The van der Waals surface area contributed by atoms with Gasteiger partial charge in [-0.3, -0.25) is 4.79 Å². The van der Waals surface area contributed by atoms with Gasteiger partial charge in [0.25, 0.3) is 5.91 Å². The number of nitrogens with one attached hydrogen (secondary N) is 1. The van der Waals surface area contributed by atoms with Crippen LogP contribution in [0, 0.1) is 0 Å². The van der Waals surface area contributed by atoms with Gasteiger partial charge < -0.3 is 11.1 Å². The molecule has 0 fully saturated rings. The molecule has 0 radical (unpaired) electrons. The summed E-state index contributed by atoms with van der Waals surface area (Å²) in [5.74, 6) is -0.0795. The van der Waals surface area contributed by atoms with E-state index in [4.69, 9.17) is 5.73 Å². The summed E-state index contributed by atoms with van der Waals surface area (Å²) in [5, 5.41) is 2.59. The van der Waals surface area contributed by atoms with Crippen LogP contribution in [0.4, 0.5) is 5.69 Å². The third kappa shape index (κ3) is 2.45. The number of carbonyl (C=O) groups excluding carboxylic acids is 1. The lowest BCUT2D eigenvalue weighted by molar-refractivity contribution is 0.0963. The van der Waals surface area contributed by atoms with Crippen LogP contribution in [0.2, 0.25) is 0 Å². The van der Waals surface area contributed by atoms with Crippen LogP contribution in [0.15, 0.2) is 48.5 Å². The highest BCUT2D eigenvalue weighted by Crippen LogP contribution is 2.21. The summed E-state index contributed by atoms with van der Waals surface area (Å²) in [4.78, 5) is 11.4. The van der Waals surface area contributed by atoms with Crippen LogP contribution in [-0.2, 0) is 0 Å². The molecule has 3 nitrogen and oxygen atoms in total. The first-order chi connectivity index (χ1) is 8.20. The van der Waals surface area contributed by atoms with Crippen LogP contribution in [0.25, 0.3) is 11.1 Å². The molecule has 0 aliphatic rings. The van der Waals surface area contributed by atoms with Crippen molar-refractivity contribution >= 4 is 11.6 Å². The van der Waals surface area contributed by atoms with E-state index < -0.39 is 0 Å². The van der Waals surface area contributed by atoms with Crippen molar-refractivity contribution in [2.75, 3.05) is 12.8 Å². The topological polar surface area (TPSA) is 55.1 Å². The van der Waals surface area contributed by atoms with Crippen molar-refractivity contribution in [1.82, 2.24) is 5.32 Å². The van der Waals surface area contributed by atoms with Gasteiger partial charge in [-0.1, -0.05) is 24.3 Å². The summed E-state index contributed by atoms with van der Waals surface area (Å²) in [6, 6.07) is 15.1. The monoisotopic (exact) mass is 226 g/mol. The largest absolute Gasteiger partial charge is 0.399 e. The van der Waals surface area contributed by atoms with Crippen LogP contribution in [0.3, 0.4) is 0 Å². The molecule has 2 aromatic carbocycles. The number of carbonyl (C=O) groups is 1. The molecule has 0 saturated heterocycles. The highest BCUT2D eigenvalue weighted by Gasteiger charge is 2.03. The van der Waals surface area contributed by atoms with Gasteiger partial charge in [0.2, 0.25) is 0 Å². The number of anilines is 1. The molecule has 0 bridgehead atoms. The van der Waals surface area contributed by atoms with Gasteiger partial charge in [0.05, 0.1) is 0 Å². The Hall–Kier alpha value is -2.29. The van der Waals surface area contributed by atoms with E-state index in [2.05, 4.69) is 5.32 Å². The first-order valence-corrected chi connectivity index (χ1v) is 5.39. The summed E-state index contributed by atoms with van der Waals surface area (Å²) in [6.45, 7) is 0. The number of benzene rings is 2. The Kier molecular flexibility index (Phi) is 3.10. The van der Waals surface area contributed by atoms with E-state index in [1.165, 1.54) is 0 Å². The first-order valence-electron chi connectivity index (χ1n) is 5.39. The summed E-state index contributed by atoms with van der Waals surface area (Å²) in [5.41, 5.74) is 9.21. The summed E-state index contributed by atoms with van der Waals surface area (Å²) >= 11 is 0. The number of rotatable bonds is 2. The molecule has 86 valence electrons. The van der Waals surface area contributed by atoms with Crippen molar-refractivity contribution in [3.63, 3.8) is 0 Å². The van der Waals surface area contributed by atoms with Gasteiger partial charge in [-0.15, -0.1) is 0 Å². The van der Waals surface area contributed by atoms with E-state index in [0.29, 0.717) is 5.56 Å². The fraction of sp³-hybridized carbons (Fsp3) is 0.0714. The third-order valence-corrected chi connectivity index (χ3v) is 2.59. The lowest BCUT2D eigenvalue weighted by atomic mass is 10.0. The second-order valence-electron chi connectivity index (χ2n) is 3.78. The van der Waals surface area contributed by atoms with Crippen LogP contribution in [-0.4, -0.2) is 13.0 Å². The minimum Gasteiger partial charge on any atom is -0.399 e. The molecule has 3 heteroatoms. The van der Waals surface area contributed by atoms with E-state index in [1.54, 1.807) is 19.2 Å². The molecular formula is C14H14N2O. The predicted octanol–water partition coefficient (Wildman–Crippen LogP) is 2.30. The maximum atomic E-state index is 11.4. The Morgan fingerprint density at radius 1 is 1.06 bits per heavy atom. The van der Waals surface area contributed by atoms with Gasteiger partial charge in [0, 0.05) is 18.3 Å². The number of amides is 1. The average Bonchev–Trinajstić information content (AvgIpc) is 2.38. The second kappa shape index (κ2) is 4.70. The fourth-order valence-electron chi connectivity index (χ4n) is 1.68. The minimum atomic E-state index is -0.0795. The number of hydrogen-bond donors (Lipinski definition) is 2. The molecule has 2 rings (SSSR count). The normalized spacial score (nSPS) is 9.94. The van der Waals surface area contributed by atoms with Crippen LogP contribution >= 0.6 is 0 Å². The van der Waals surface area contributed by atoms with Gasteiger partial charge in [0.1, 0.15) is 0 Å². The van der Waals surface area contributed by atoms with Crippen LogP contribution in [0.1, 0.15) is 10.4 Å². The molecule has 0 aromatic heterocycles. The molecule has 0 atom stereocenters. The fourth-order valence-corrected chi connectivity index (χ4v) is 1.68. The summed E-state index contributed by atoms with van der Waals surface area (Å²) in [6.07, 6.45) is 0. The van der Waals surface area contributed by atoms with Crippen molar-refractivity contribution in [2.45, 2.75) is 0 Å². The highest BCUT2D eigenvalue weighted by atomic mass is 16.1. The Bertz CT molecular complexity index is 532. The number of nitrogens with two attached hydrogens (primary N) is 1. The first kappa shape index (κ1) is 11.2. The van der Waals surface area contributed by atoms with Gasteiger partial charge in [-0.25, -0.2) is 0 Å². The molecule has 0 aliphatic carbocycles. The smallest absolute Gasteiger partial charge is 0.251 e. The quantitative estimate of drug-likeness (QED) is 0.772.